The van der Waals surface area contributed by atoms with Gasteiger partial charge in [0.25, 0.3) is 0 Å². The summed E-state index contributed by atoms with van der Waals surface area (Å²) >= 11 is 6.13. The molecule has 1 fully saturated rings. The van der Waals surface area contributed by atoms with E-state index in [-0.39, 0.29) is 11.8 Å². The quantitative estimate of drug-likeness (QED) is 0.242. The number of urea groups is 1. The van der Waals surface area contributed by atoms with Crippen LogP contribution in [0.15, 0.2) is 67.0 Å². The van der Waals surface area contributed by atoms with E-state index in [0.29, 0.717) is 22.9 Å². The standard InChI is InChI=1S/C23H20ClN5O3.C3H6/c1-14-5-6-16(12-18(14)24)26-22(30)27-19-3-2-4-20-17(19)8-10-29(20)13-15-7-9-25-21(11-15)28-23(31)32;1-2-3-1/h2-12H,13H2,1H3,(H,25,28)(H,31,32)(H2,26,27,30);1-3H2. The highest BCUT2D eigenvalue weighted by Gasteiger charge is 2.10. The zero-order chi connectivity index (χ0) is 24.8. The third-order valence-corrected chi connectivity index (χ3v) is 5.66. The third kappa shape index (κ3) is 6.74. The Hall–Kier alpha value is -4.04. The van der Waals surface area contributed by atoms with Gasteiger partial charge in [0.1, 0.15) is 5.82 Å². The second-order valence-corrected chi connectivity index (χ2v) is 8.67. The van der Waals surface area contributed by atoms with Crippen LogP contribution in [0.4, 0.5) is 26.8 Å². The van der Waals surface area contributed by atoms with E-state index in [1.54, 1.807) is 24.4 Å². The Morgan fingerprint density at radius 3 is 2.54 bits per heavy atom. The van der Waals surface area contributed by atoms with E-state index in [2.05, 4.69) is 20.9 Å². The van der Waals surface area contributed by atoms with Crippen LogP contribution >= 0.6 is 11.6 Å². The van der Waals surface area contributed by atoms with Crippen molar-refractivity contribution in [3.8, 4) is 0 Å². The number of aromatic nitrogens is 2. The van der Waals surface area contributed by atoms with Gasteiger partial charge in [-0.05, 0) is 60.5 Å². The maximum atomic E-state index is 12.5. The smallest absolute Gasteiger partial charge is 0.410 e. The minimum Gasteiger partial charge on any atom is -0.465 e. The van der Waals surface area contributed by atoms with Crippen LogP contribution in [0.2, 0.25) is 5.02 Å². The molecule has 0 spiro atoms. The SMILES string of the molecule is C1CC1.Cc1ccc(NC(=O)Nc2cccc3c2ccn3Cc2ccnc(NC(=O)O)c2)cc1Cl. The summed E-state index contributed by atoms with van der Waals surface area (Å²) < 4.78 is 2.01. The van der Waals surface area contributed by atoms with Crippen molar-refractivity contribution in [2.45, 2.75) is 32.7 Å². The van der Waals surface area contributed by atoms with Crippen LogP contribution in [0.25, 0.3) is 10.9 Å². The van der Waals surface area contributed by atoms with E-state index in [4.69, 9.17) is 16.7 Å². The number of carboxylic acid groups (broad SMARTS) is 1. The highest BCUT2D eigenvalue weighted by Crippen LogP contribution is 2.26. The molecule has 9 heteroatoms. The van der Waals surface area contributed by atoms with Gasteiger partial charge in [-0.2, -0.15) is 0 Å². The van der Waals surface area contributed by atoms with Crippen molar-refractivity contribution in [2.75, 3.05) is 16.0 Å². The number of benzene rings is 2. The molecule has 3 amide bonds. The third-order valence-electron chi connectivity index (χ3n) is 5.26. The van der Waals surface area contributed by atoms with Gasteiger partial charge in [0.2, 0.25) is 0 Å². The highest BCUT2D eigenvalue weighted by atomic mass is 35.5. The Labute approximate surface area is 207 Å². The zero-order valence-electron chi connectivity index (χ0n) is 19.2. The zero-order valence-corrected chi connectivity index (χ0v) is 20.0. The molecule has 2 aromatic carbocycles. The first-order valence-electron chi connectivity index (χ1n) is 11.3. The molecule has 4 aromatic rings. The molecule has 8 nitrogen and oxygen atoms in total. The van der Waals surface area contributed by atoms with Gasteiger partial charge in [0.05, 0.1) is 11.2 Å². The number of carbonyl (C=O) groups is 2. The van der Waals surface area contributed by atoms with Crippen molar-refractivity contribution in [3.05, 3.63) is 83.1 Å². The lowest BCUT2D eigenvalue weighted by Gasteiger charge is -2.11. The molecule has 35 heavy (non-hydrogen) atoms. The lowest BCUT2D eigenvalue weighted by Crippen LogP contribution is -2.19. The van der Waals surface area contributed by atoms with Crippen LogP contribution in [-0.2, 0) is 6.54 Å². The number of nitrogens with one attached hydrogen (secondary N) is 3. The summed E-state index contributed by atoms with van der Waals surface area (Å²) in [6, 6.07) is 16.0. The Bertz CT molecular complexity index is 1360. The van der Waals surface area contributed by atoms with Gasteiger partial charge in [-0.15, -0.1) is 0 Å². The van der Waals surface area contributed by atoms with Gasteiger partial charge in [0, 0.05) is 35.0 Å². The van der Waals surface area contributed by atoms with Crippen LogP contribution in [-0.4, -0.2) is 26.8 Å². The van der Waals surface area contributed by atoms with Crippen LogP contribution in [0.1, 0.15) is 30.4 Å². The van der Waals surface area contributed by atoms with Crippen molar-refractivity contribution < 1.29 is 14.7 Å². The van der Waals surface area contributed by atoms with Crippen LogP contribution in [0.3, 0.4) is 0 Å². The number of aryl methyl sites for hydroxylation is 1. The molecule has 2 aromatic heterocycles. The van der Waals surface area contributed by atoms with Crippen molar-refractivity contribution in [3.63, 3.8) is 0 Å². The first-order chi connectivity index (χ1) is 16.9. The largest absolute Gasteiger partial charge is 0.465 e. The fraction of sp³-hybridized carbons (Fsp3) is 0.192. The predicted octanol–water partition coefficient (Wildman–Crippen LogP) is 6.95. The van der Waals surface area contributed by atoms with Crippen molar-refractivity contribution in [1.82, 2.24) is 9.55 Å². The summed E-state index contributed by atoms with van der Waals surface area (Å²) in [5.41, 5.74) is 4.01. The summed E-state index contributed by atoms with van der Waals surface area (Å²) in [7, 11) is 0. The molecule has 2 heterocycles. The minimum absolute atomic E-state index is 0.265. The molecule has 0 aliphatic heterocycles. The molecular weight excluding hydrogens is 466 g/mol. The van der Waals surface area contributed by atoms with E-state index < -0.39 is 6.09 Å². The van der Waals surface area contributed by atoms with E-state index in [1.807, 2.05) is 54.1 Å². The molecule has 180 valence electrons. The molecule has 0 radical (unpaired) electrons. The number of nitrogens with zero attached hydrogens (tertiary/aromatic N) is 2. The Kier molecular flexibility index (Phi) is 7.52. The van der Waals surface area contributed by atoms with E-state index in [9.17, 15) is 9.59 Å². The topological polar surface area (TPSA) is 108 Å². The molecule has 1 aliphatic carbocycles. The lowest BCUT2D eigenvalue weighted by atomic mass is 10.2. The number of anilines is 3. The summed E-state index contributed by atoms with van der Waals surface area (Å²) in [5, 5.41) is 18.3. The van der Waals surface area contributed by atoms with Gasteiger partial charge < -0.3 is 20.3 Å². The number of rotatable bonds is 5. The minimum atomic E-state index is -1.16. The monoisotopic (exact) mass is 491 g/mol. The number of carbonyl (C=O) groups excluding carboxylic acids is 1. The second kappa shape index (κ2) is 10.9. The predicted molar refractivity (Wildman–Crippen MR) is 140 cm³/mol. The van der Waals surface area contributed by atoms with E-state index >= 15 is 0 Å². The van der Waals surface area contributed by atoms with Crippen molar-refractivity contribution in [1.29, 1.82) is 0 Å². The molecule has 1 saturated carbocycles. The van der Waals surface area contributed by atoms with Crippen molar-refractivity contribution in [2.24, 2.45) is 0 Å². The number of halogens is 1. The number of fused-ring (bicyclic) bond motifs is 1. The number of hydrogen-bond donors (Lipinski definition) is 4. The van der Waals surface area contributed by atoms with Crippen LogP contribution in [0, 0.1) is 6.92 Å². The first kappa shape index (κ1) is 24.1. The molecule has 4 N–H and O–H groups in total. The van der Waals surface area contributed by atoms with E-state index in [0.717, 1.165) is 22.0 Å². The normalized spacial score (nSPS) is 11.8. The summed E-state index contributed by atoms with van der Waals surface area (Å²) in [6.07, 6.45) is 6.81. The average Bonchev–Trinajstić information content (AvgIpc) is 3.64. The first-order valence-corrected chi connectivity index (χ1v) is 11.6. The molecule has 0 atom stereocenters. The van der Waals surface area contributed by atoms with Gasteiger partial charge in [-0.25, -0.2) is 14.6 Å². The fourth-order valence-electron chi connectivity index (χ4n) is 3.37. The molecule has 1 aliphatic rings. The van der Waals surface area contributed by atoms with Gasteiger partial charge in [-0.3, -0.25) is 5.32 Å². The van der Waals surface area contributed by atoms with Crippen LogP contribution < -0.4 is 16.0 Å². The average molecular weight is 492 g/mol. The van der Waals surface area contributed by atoms with Gasteiger partial charge in [-0.1, -0.05) is 43.0 Å². The Balaban J connectivity index is 0.000000894. The second-order valence-electron chi connectivity index (χ2n) is 8.27. The summed E-state index contributed by atoms with van der Waals surface area (Å²) in [6.45, 7) is 2.41. The molecule has 0 bridgehead atoms. The molecule has 5 rings (SSSR count). The number of hydrogen-bond acceptors (Lipinski definition) is 3. The molecule has 0 saturated heterocycles. The van der Waals surface area contributed by atoms with E-state index in [1.165, 1.54) is 19.3 Å². The maximum absolute atomic E-state index is 12.5. The summed E-state index contributed by atoms with van der Waals surface area (Å²) in [5.74, 6) is 0.265. The van der Waals surface area contributed by atoms with Crippen LogP contribution in [0.5, 0.6) is 0 Å². The molecule has 0 unspecified atom stereocenters. The fourth-order valence-corrected chi connectivity index (χ4v) is 3.55. The number of amides is 3. The maximum Gasteiger partial charge on any atom is 0.410 e. The number of pyridine rings is 1. The van der Waals surface area contributed by atoms with Crippen molar-refractivity contribution >= 4 is 51.8 Å². The molecular formula is C26H26ClN5O3. The van der Waals surface area contributed by atoms with Gasteiger partial charge >= 0.3 is 12.1 Å². The Morgan fingerprint density at radius 2 is 1.83 bits per heavy atom. The highest BCUT2D eigenvalue weighted by molar-refractivity contribution is 6.31. The summed E-state index contributed by atoms with van der Waals surface area (Å²) in [4.78, 5) is 27.4. The van der Waals surface area contributed by atoms with Gasteiger partial charge in [0.15, 0.2) is 0 Å². The Morgan fingerprint density at radius 1 is 1.03 bits per heavy atom. The lowest BCUT2D eigenvalue weighted by molar-refractivity contribution is 0.209.